The van der Waals surface area contributed by atoms with Crippen LogP contribution in [0.5, 0.6) is 11.5 Å². The fraction of sp³-hybridized carbons (Fsp3) is 0.200. The molecule has 0 aliphatic carbocycles. The minimum Gasteiger partial charge on any atom is -0.497 e. The van der Waals surface area contributed by atoms with E-state index in [1.807, 2.05) is 6.07 Å². The zero-order valence-electron chi connectivity index (χ0n) is 15.8. The first-order valence-corrected chi connectivity index (χ1v) is 8.61. The van der Waals surface area contributed by atoms with Gasteiger partial charge in [-0.25, -0.2) is 4.79 Å². The Morgan fingerprint density at radius 3 is 2.59 bits per heavy atom. The molecular formula is C20H18N4O5. The summed E-state index contributed by atoms with van der Waals surface area (Å²) < 4.78 is 10.5. The zero-order valence-corrected chi connectivity index (χ0v) is 15.8. The van der Waals surface area contributed by atoms with E-state index in [2.05, 4.69) is 10.7 Å². The largest absolute Gasteiger partial charge is 0.497 e. The lowest BCUT2D eigenvalue weighted by Crippen LogP contribution is -2.49. The first-order chi connectivity index (χ1) is 13.9. The van der Waals surface area contributed by atoms with Gasteiger partial charge >= 0.3 is 6.03 Å². The van der Waals surface area contributed by atoms with Crippen molar-refractivity contribution in [3.8, 4) is 17.6 Å². The molecule has 29 heavy (non-hydrogen) atoms. The standard InChI is InChI=1S/C20H18N4O5/c1-20(14-4-3-5-16(10-14)28-2)18(26)24(19(27)22-20)23-17(25)12-29-15-8-6-13(11-21)7-9-15/h3-10H,12H2,1-2H3,(H,22,27)(H,23,25)/t20-/m1/s1. The van der Waals surface area contributed by atoms with E-state index in [0.717, 1.165) is 0 Å². The van der Waals surface area contributed by atoms with Gasteiger partial charge in [-0.15, -0.1) is 0 Å². The van der Waals surface area contributed by atoms with Gasteiger partial charge in [0.15, 0.2) is 6.61 Å². The van der Waals surface area contributed by atoms with E-state index in [9.17, 15) is 14.4 Å². The number of nitrogens with zero attached hydrogens (tertiary/aromatic N) is 2. The van der Waals surface area contributed by atoms with Gasteiger partial charge in [-0.05, 0) is 48.9 Å². The van der Waals surface area contributed by atoms with Crippen LogP contribution in [-0.2, 0) is 15.1 Å². The number of amides is 4. The Morgan fingerprint density at radius 2 is 1.93 bits per heavy atom. The Bertz CT molecular complexity index is 999. The predicted molar refractivity (Wildman–Crippen MR) is 101 cm³/mol. The lowest BCUT2D eigenvalue weighted by Gasteiger charge is -2.22. The Hall–Kier alpha value is -4.06. The third-order valence-corrected chi connectivity index (χ3v) is 4.43. The lowest BCUT2D eigenvalue weighted by molar-refractivity contribution is -0.139. The van der Waals surface area contributed by atoms with Gasteiger partial charge in [0.1, 0.15) is 17.0 Å². The van der Waals surface area contributed by atoms with Gasteiger partial charge in [0, 0.05) is 0 Å². The van der Waals surface area contributed by atoms with Crippen molar-refractivity contribution in [2.24, 2.45) is 0 Å². The number of ether oxygens (including phenoxy) is 2. The number of urea groups is 1. The monoisotopic (exact) mass is 394 g/mol. The Kier molecular flexibility index (Phi) is 5.36. The van der Waals surface area contributed by atoms with Crippen LogP contribution in [0.1, 0.15) is 18.1 Å². The minimum atomic E-state index is -1.35. The number of imide groups is 1. The molecule has 9 heteroatoms. The van der Waals surface area contributed by atoms with Gasteiger partial charge in [0.25, 0.3) is 11.8 Å². The summed E-state index contributed by atoms with van der Waals surface area (Å²) in [4.78, 5) is 37.3. The van der Waals surface area contributed by atoms with Crippen molar-refractivity contribution in [2.75, 3.05) is 13.7 Å². The molecule has 1 heterocycles. The first-order valence-electron chi connectivity index (χ1n) is 8.61. The van der Waals surface area contributed by atoms with Crippen LogP contribution in [0.25, 0.3) is 0 Å². The van der Waals surface area contributed by atoms with E-state index in [4.69, 9.17) is 14.7 Å². The number of hydrogen-bond donors (Lipinski definition) is 2. The summed E-state index contributed by atoms with van der Waals surface area (Å²) in [6.07, 6.45) is 0. The second-order valence-corrected chi connectivity index (χ2v) is 6.39. The van der Waals surface area contributed by atoms with Crippen molar-refractivity contribution in [3.63, 3.8) is 0 Å². The molecule has 9 nitrogen and oxygen atoms in total. The topological polar surface area (TPSA) is 121 Å². The van der Waals surface area contributed by atoms with Crippen molar-refractivity contribution < 1.29 is 23.9 Å². The van der Waals surface area contributed by atoms with E-state index in [0.29, 0.717) is 27.6 Å². The number of hydrogen-bond acceptors (Lipinski definition) is 6. The Labute approximate surface area is 166 Å². The quantitative estimate of drug-likeness (QED) is 0.716. The van der Waals surface area contributed by atoms with Crippen molar-refractivity contribution in [3.05, 3.63) is 59.7 Å². The second-order valence-electron chi connectivity index (χ2n) is 6.39. The van der Waals surface area contributed by atoms with Crippen molar-refractivity contribution >= 4 is 17.8 Å². The maximum atomic E-state index is 12.8. The molecule has 3 rings (SSSR count). The Morgan fingerprint density at radius 1 is 1.21 bits per heavy atom. The van der Waals surface area contributed by atoms with E-state index >= 15 is 0 Å². The van der Waals surface area contributed by atoms with E-state index < -0.39 is 30.0 Å². The third-order valence-electron chi connectivity index (χ3n) is 4.43. The molecule has 148 valence electrons. The van der Waals surface area contributed by atoms with Crippen LogP contribution in [0.3, 0.4) is 0 Å². The molecule has 1 aliphatic rings. The number of methoxy groups -OCH3 is 1. The van der Waals surface area contributed by atoms with Crippen LogP contribution in [0.4, 0.5) is 4.79 Å². The maximum absolute atomic E-state index is 12.8. The average molecular weight is 394 g/mol. The summed E-state index contributed by atoms with van der Waals surface area (Å²) in [5, 5.41) is 12.0. The lowest BCUT2D eigenvalue weighted by atomic mass is 9.92. The fourth-order valence-electron chi connectivity index (χ4n) is 2.80. The SMILES string of the molecule is COc1cccc([C@@]2(C)NC(=O)N(NC(=O)COc3ccc(C#N)cc3)C2=O)c1. The molecule has 0 bridgehead atoms. The summed E-state index contributed by atoms with van der Waals surface area (Å²) in [5.74, 6) is -0.420. The van der Waals surface area contributed by atoms with Gasteiger partial charge in [-0.2, -0.15) is 10.3 Å². The van der Waals surface area contributed by atoms with E-state index in [-0.39, 0.29) is 0 Å². The van der Waals surface area contributed by atoms with Crippen molar-refractivity contribution in [2.45, 2.75) is 12.5 Å². The Balaban J connectivity index is 1.66. The van der Waals surface area contributed by atoms with Gasteiger partial charge in [0.2, 0.25) is 0 Å². The highest BCUT2D eigenvalue weighted by Gasteiger charge is 2.50. The molecule has 2 N–H and O–H groups in total. The van der Waals surface area contributed by atoms with Gasteiger partial charge < -0.3 is 14.8 Å². The van der Waals surface area contributed by atoms with Gasteiger partial charge in [-0.1, -0.05) is 12.1 Å². The zero-order chi connectivity index (χ0) is 21.0. The van der Waals surface area contributed by atoms with Crippen LogP contribution < -0.4 is 20.2 Å². The van der Waals surface area contributed by atoms with E-state index in [1.54, 1.807) is 55.5 Å². The number of carbonyl (C=O) groups excluding carboxylic acids is 3. The highest BCUT2D eigenvalue weighted by atomic mass is 16.5. The number of hydrazine groups is 1. The molecule has 2 aromatic carbocycles. The molecule has 0 aromatic heterocycles. The van der Waals surface area contributed by atoms with Crippen molar-refractivity contribution in [1.82, 2.24) is 15.8 Å². The number of benzene rings is 2. The third kappa shape index (κ3) is 3.96. The molecule has 2 aromatic rings. The van der Waals surface area contributed by atoms with Crippen LogP contribution >= 0.6 is 0 Å². The second kappa shape index (κ2) is 7.90. The number of carbonyl (C=O) groups is 3. The molecule has 4 amide bonds. The fourth-order valence-corrected chi connectivity index (χ4v) is 2.80. The highest BCUT2D eigenvalue weighted by Crippen LogP contribution is 2.30. The summed E-state index contributed by atoms with van der Waals surface area (Å²) in [7, 11) is 1.50. The normalized spacial score (nSPS) is 18.0. The molecule has 0 unspecified atom stereocenters. The van der Waals surface area contributed by atoms with E-state index in [1.165, 1.54) is 7.11 Å². The molecular weight excluding hydrogens is 376 g/mol. The smallest absolute Gasteiger partial charge is 0.344 e. The number of nitrogens with one attached hydrogen (secondary N) is 2. The first kappa shape index (κ1) is 19.7. The summed E-state index contributed by atoms with van der Waals surface area (Å²) in [6.45, 7) is 1.13. The average Bonchev–Trinajstić information content (AvgIpc) is 2.96. The molecule has 0 saturated carbocycles. The molecule has 1 atom stereocenters. The van der Waals surface area contributed by atoms with Crippen LogP contribution in [0.2, 0.25) is 0 Å². The predicted octanol–water partition coefficient (Wildman–Crippen LogP) is 1.44. The molecule has 1 saturated heterocycles. The molecule has 1 aliphatic heterocycles. The molecule has 1 fully saturated rings. The van der Waals surface area contributed by atoms with Crippen molar-refractivity contribution in [1.29, 1.82) is 5.26 Å². The summed E-state index contributed by atoms with van der Waals surface area (Å²) >= 11 is 0. The molecule has 0 radical (unpaired) electrons. The summed E-state index contributed by atoms with van der Waals surface area (Å²) in [5.41, 5.74) is 1.87. The van der Waals surface area contributed by atoms with Crippen LogP contribution in [0, 0.1) is 11.3 Å². The van der Waals surface area contributed by atoms with Gasteiger partial charge in [-0.3, -0.25) is 15.0 Å². The van der Waals surface area contributed by atoms with Crippen LogP contribution in [-0.4, -0.2) is 36.6 Å². The van der Waals surface area contributed by atoms with Gasteiger partial charge in [0.05, 0.1) is 18.7 Å². The minimum absolute atomic E-state index is 0.373. The maximum Gasteiger partial charge on any atom is 0.344 e. The number of rotatable bonds is 6. The summed E-state index contributed by atoms with van der Waals surface area (Å²) in [6, 6.07) is 14.1. The molecule has 0 spiro atoms. The van der Waals surface area contributed by atoms with Crippen LogP contribution in [0.15, 0.2) is 48.5 Å². The number of nitriles is 1. The highest BCUT2D eigenvalue weighted by molar-refractivity contribution is 6.08.